The van der Waals surface area contributed by atoms with Crippen molar-refractivity contribution in [3.8, 4) is 33.4 Å². The predicted molar refractivity (Wildman–Crippen MR) is 234 cm³/mol. The van der Waals surface area contributed by atoms with E-state index in [2.05, 4.69) is 218 Å². The molecule has 1 heterocycles. The fourth-order valence-electron chi connectivity index (χ4n) is 9.12. The lowest BCUT2D eigenvalue weighted by Gasteiger charge is -2.28. The molecule has 9 aromatic carbocycles. The lowest BCUT2D eigenvalue weighted by molar-refractivity contribution is 0.638. The third-order valence-corrected chi connectivity index (χ3v) is 11.9. The fraction of sp³-hybridized carbons (Fsp3) is 0.0370. The minimum atomic E-state index is -0.358. The summed E-state index contributed by atoms with van der Waals surface area (Å²) in [5.74, 6) is 0. The SMILES string of the molecule is CC1(c2cccc3c2oc2cc(N(c4ccc(-c5ccccc5)cc4)c4ccc(-c5ccc6ccccc6c5)cc4)ccc23)c2ccccc2-c2ccccc21. The second-order valence-corrected chi connectivity index (χ2v) is 15.0. The first-order valence-corrected chi connectivity index (χ1v) is 19.3. The molecule has 1 aliphatic carbocycles. The Labute approximate surface area is 326 Å². The van der Waals surface area contributed by atoms with E-state index in [1.165, 1.54) is 60.8 Å². The van der Waals surface area contributed by atoms with Gasteiger partial charge in [0.1, 0.15) is 11.2 Å². The molecule has 0 amide bonds. The lowest BCUT2D eigenvalue weighted by Crippen LogP contribution is -2.22. The van der Waals surface area contributed by atoms with Gasteiger partial charge in [0.05, 0.1) is 0 Å². The Morgan fingerprint density at radius 2 is 0.911 bits per heavy atom. The Balaban J connectivity index is 1.04. The molecule has 0 bridgehead atoms. The zero-order chi connectivity index (χ0) is 37.2. The third kappa shape index (κ3) is 5.03. The van der Waals surface area contributed by atoms with E-state index in [9.17, 15) is 0 Å². The zero-order valence-corrected chi connectivity index (χ0v) is 31.0. The average Bonchev–Trinajstić information content (AvgIpc) is 3.77. The Kier molecular flexibility index (Phi) is 7.33. The molecule has 0 atom stereocenters. The number of hydrogen-bond donors (Lipinski definition) is 0. The van der Waals surface area contributed by atoms with Crippen LogP contribution in [0.15, 0.2) is 211 Å². The van der Waals surface area contributed by atoms with Crippen LogP contribution in [0, 0.1) is 0 Å². The van der Waals surface area contributed by atoms with E-state index in [1.807, 2.05) is 0 Å². The highest BCUT2D eigenvalue weighted by atomic mass is 16.3. The molecule has 10 aromatic rings. The summed E-state index contributed by atoms with van der Waals surface area (Å²) in [6.07, 6.45) is 0. The van der Waals surface area contributed by atoms with E-state index < -0.39 is 0 Å². The molecule has 0 fully saturated rings. The van der Waals surface area contributed by atoms with Gasteiger partial charge in [-0.15, -0.1) is 0 Å². The van der Waals surface area contributed by atoms with Gasteiger partial charge in [0.2, 0.25) is 0 Å². The molecule has 2 nitrogen and oxygen atoms in total. The first-order chi connectivity index (χ1) is 27.6. The Hall–Kier alpha value is -7.16. The van der Waals surface area contributed by atoms with Crippen LogP contribution in [-0.4, -0.2) is 0 Å². The van der Waals surface area contributed by atoms with Gasteiger partial charge >= 0.3 is 0 Å². The van der Waals surface area contributed by atoms with Gasteiger partial charge in [-0.1, -0.05) is 158 Å². The van der Waals surface area contributed by atoms with Crippen LogP contribution >= 0.6 is 0 Å². The first-order valence-electron chi connectivity index (χ1n) is 19.3. The van der Waals surface area contributed by atoms with Crippen LogP contribution in [0.1, 0.15) is 23.6 Å². The van der Waals surface area contributed by atoms with Crippen LogP contribution in [0.2, 0.25) is 0 Å². The standard InChI is InChI=1S/C54H37NO/c1-54(49-19-9-7-16-45(49)46-17-8-10-20-50(46)54)51-21-11-18-48-47-33-32-44(35-52(47)56-53(48)51)55(42-28-24-38(25-29-42)36-12-3-2-4-13-36)43-30-26-39(27-31-43)41-23-22-37-14-5-6-15-40(37)34-41/h2-35H,1H3. The van der Waals surface area contributed by atoms with Crippen LogP contribution < -0.4 is 4.90 Å². The van der Waals surface area contributed by atoms with Gasteiger partial charge in [0.25, 0.3) is 0 Å². The third-order valence-electron chi connectivity index (χ3n) is 11.9. The monoisotopic (exact) mass is 715 g/mol. The summed E-state index contributed by atoms with van der Waals surface area (Å²) in [5, 5.41) is 4.73. The Bertz CT molecular complexity index is 3040. The van der Waals surface area contributed by atoms with Gasteiger partial charge in [-0.2, -0.15) is 0 Å². The maximum atomic E-state index is 7.02. The number of para-hydroxylation sites is 1. The van der Waals surface area contributed by atoms with Gasteiger partial charge in [0, 0.05) is 44.9 Å². The van der Waals surface area contributed by atoms with Crippen molar-refractivity contribution in [3.05, 3.63) is 223 Å². The highest BCUT2D eigenvalue weighted by molar-refractivity contribution is 6.08. The first kappa shape index (κ1) is 32.3. The Morgan fingerprint density at radius 1 is 0.375 bits per heavy atom. The van der Waals surface area contributed by atoms with Crippen molar-refractivity contribution in [3.63, 3.8) is 0 Å². The van der Waals surface area contributed by atoms with Crippen LogP contribution in [-0.2, 0) is 5.41 Å². The summed E-state index contributed by atoms with van der Waals surface area (Å²) >= 11 is 0. The summed E-state index contributed by atoms with van der Waals surface area (Å²) in [7, 11) is 0. The number of anilines is 3. The quantitative estimate of drug-likeness (QED) is 0.170. The van der Waals surface area contributed by atoms with Gasteiger partial charge in [-0.3, -0.25) is 0 Å². The van der Waals surface area contributed by atoms with Gasteiger partial charge in [-0.25, -0.2) is 0 Å². The number of fused-ring (bicyclic) bond motifs is 7. The normalized spacial score (nSPS) is 12.9. The minimum absolute atomic E-state index is 0.358. The maximum Gasteiger partial charge on any atom is 0.139 e. The van der Waals surface area contributed by atoms with E-state index in [0.717, 1.165) is 39.0 Å². The average molecular weight is 716 g/mol. The molecule has 1 aliphatic rings. The number of furan rings is 1. The summed E-state index contributed by atoms with van der Waals surface area (Å²) in [6, 6.07) is 74.5. The smallest absolute Gasteiger partial charge is 0.139 e. The molecular weight excluding hydrogens is 679 g/mol. The van der Waals surface area contributed by atoms with Crippen molar-refractivity contribution >= 4 is 49.8 Å². The molecule has 0 radical (unpaired) electrons. The van der Waals surface area contributed by atoms with Crippen molar-refractivity contribution < 1.29 is 4.42 Å². The number of rotatable bonds is 6. The molecule has 11 rings (SSSR count). The number of benzene rings is 9. The van der Waals surface area contributed by atoms with Crippen LogP contribution in [0.5, 0.6) is 0 Å². The van der Waals surface area contributed by atoms with E-state index in [-0.39, 0.29) is 5.41 Å². The highest BCUT2D eigenvalue weighted by Crippen LogP contribution is 2.54. The molecule has 0 saturated carbocycles. The predicted octanol–water partition coefficient (Wildman–Crippen LogP) is 14.9. The van der Waals surface area contributed by atoms with Crippen molar-refractivity contribution in [2.75, 3.05) is 4.90 Å². The summed E-state index contributed by atoms with van der Waals surface area (Å²) in [5.41, 5.74) is 15.8. The molecule has 56 heavy (non-hydrogen) atoms. The van der Waals surface area contributed by atoms with Crippen LogP contribution in [0.25, 0.3) is 66.1 Å². The zero-order valence-electron chi connectivity index (χ0n) is 31.0. The largest absolute Gasteiger partial charge is 0.456 e. The van der Waals surface area contributed by atoms with Crippen LogP contribution in [0.3, 0.4) is 0 Å². The highest BCUT2D eigenvalue weighted by Gasteiger charge is 2.42. The second-order valence-electron chi connectivity index (χ2n) is 15.0. The molecule has 0 spiro atoms. The molecule has 2 heteroatoms. The summed E-state index contributed by atoms with van der Waals surface area (Å²) in [6.45, 7) is 2.35. The number of hydrogen-bond acceptors (Lipinski definition) is 2. The fourth-order valence-corrected chi connectivity index (χ4v) is 9.12. The topological polar surface area (TPSA) is 16.4 Å². The molecule has 0 unspecified atom stereocenters. The Morgan fingerprint density at radius 3 is 1.61 bits per heavy atom. The van der Waals surface area contributed by atoms with Gasteiger partial charge < -0.3 is 9.32 Å². The summed E-state index contributed by atoms with van der Waals surface area (Å²) in [4.78, 5) is 2.33. The lowest BCUT2D eigenvalue weighted by atomic mass is 9.74. The molecule has 0 aliphatic heterocycles. The molecule has 0 N–H and O–H groups in total. The van der Waals surface area contributed by atoms with Gasteiger partial charge in [-0.05, 0) is 105 Å². The van der Waals surface area contributed by atoms with Crippen molar-refractivity contribution in [1.82, 2.24) is 0 Å². The van der Waals surface area contributed by atoms with E-state index in [4.69, 9.17) is 4.42 Å². The molecule has 264 valence electrons. The van der Waals surface area contributed by atoms with Gasteiger partial charge in [0.15, 0.2) is 0 Å². The molecule has 0 saturated heterocycles. The maximum absolute atomic E-state index is 7.02. The number of nitrogens with zero attached hydrogens (tertiary/aromatic N) is 1. The van der Waals surface area contributed by atoms with Crippen molar-refractivity contribution in [2.24, 2.45) is 0 Å². The molecular formula is C54H37NO. The van der Waals surface area contributed by atoms with E-state index in [0.29, 0.717) is 0 Å². The van der Waals surface area contributed by atoms with E-state index >= 15 is 0 Å². The second kappa shape index (κ2) is 12.7. The van der Waals surface area contributed by atoms with E-state index in [1.54, 1.807) is 0 Å². The van der Waals surface area contributed by atoms with Crippen LogP contribution in [0.4, 0.5) is 17.1 Å². The summed E-state index contributed by atoms with van der Waals surface area (Å²) < 4.78 is 7.02. The van der Waals surface area contributed by atoms with Crippen molar-refractivity contribution in [2.45, 2.75) is 12.3 Å². The molecule has 1 aromatic heterocycles. The minimum Gasteiger partial charge on any atom is -0.456 e. The van der Waals surface area contributed by atoms with Crippen molar-refractivity contribution in [1.29, 1.82) is 0 Å².